The van der Waals surface area contributed by atoms with Gasteiger partial charge in [0.2, 0.25) is 0 Å². The highest BCUT2D eigenvalue weighted by Crippen LogP contribution is 2.32. The number of benzene rings is 1. The van der Waals surface area contributed by atoms with Gasteiger partial charge in [0.05, 0.1) is 12.1 Å². The molecule has 0 aromatic heterocycles. The zero-order valence-electron chi connectivity index (χ0n) is 16.3. The molecule has 27 heavy (non-hydrogen) atoms. The fourth-order valence-corrected chi connectivity index (χ4v) is 3.59. The van der Waals surface area contributed by atoms with Crippen LogP contribution in [0.3, 0.4) is 0 Å². The molecule has 0 saturated carbocycles. The smallest absolute Gasteiger partial charge is 0.136 e. The Morgan fingerprint density at radius 1 is 1.22 bits per heavy atom. The molecule has 2 heteroatoms. The molecule has 138 valence electrons. The van der Waals surface area contributed by atoms with E-state index < -0.39 is 0 Å². The Labute approximate surface area is 163 Å². The fourth-order valence-electron chi connectivity index (χ4n) is 3.59. The third-order valence-electron chi connectivity index (χ3n) is 5.12. The average molecular weight is 357 g/mol. The van der Waals surface area contributed by atoms with Crippen molar-refractivity contribution >= 4 is 11.9 Å². The Morgan fingerprint density at radius 2 is 2.04 bits per heavy atom. The second-order valence-electron chi connectivity index (χ2n) is 6.90. The Kier molecular flexibility index (Phi) is 6.08. The van der Waals surface area contributed by atoms with Crippen molar-refractivity contribution in [2.45, 2.75) is 38.8 Å². The molecular formula is C25H28N2. The lowest BCUT2D eigenvalue weighted by Crippen LogP contribution is -2.33. The first-order valence-electron chi connectivity index (χ1n) is 9.61. The predicted octanol–water partition coefficient (Wildman–Crippen LogP) is 6.40. The molecule has 2 nitrogen and oxygen atoms in total. The van der Waals surface area contributed by atoms with Crippen LogP contribution in [-0.2, 0) is 0 Å². The first-order chi connectivity index (χ1) is 13.2. The van der Waals surface area contributed by atoms with Crippen molar-refractivity contribution in [3.05, 3.63) is 102 Å². The van der Waals surface area contributed by atoms with E-state index >= 15 is 0 Å². The number of aliphatic imine (C=N–C) groups is 1. The van der Waals surface area contributed by atoms with Crippen molar-refractivity contribution in [1.82, 2.24) is 4.90 Å². The third-order valence-corrected chi connectivity index (χ3v) is 5.12. The van der Waals surface area contributed by atoms with Crippen LogP contribution in [0.1, 0.15) is 43.9 Å². The van der Waals surface area contributed by atoms with Crippen LogP contribution in [0.4, 0.5) is 0 Å². The van der Waals surface area contributed by atoms with E-state index in [9.17, 15) is 0 Å². The van der Waals surface area contributed by atoms with Gasteiger partial charge in [-0.05, 0) is 49.5 Å². The molecule has 1 aliphatic carbocycles. The van der Waals surface area contributed by atoms with Crippen LogP contribution in [0.5, 0.6) is 0 Å². The molecule has 0 saturated heterocycles. The summed E-state index contributed by atoms with van der Waals surface area (Å²) in [6, 6.07) is 8.80. The standard InChI is InChI=1S/C25H28N2/c1-5-12-21(6-2)25(26-19(3)22-13-8-7-9-14-22)27-18-17-23-15-10-11-16-24(23)20(27)4/h5-6,8,10-20H,1-2,7,9H2,3-4H3/b21-12+,26-25-. The van der Waals surface area contributed by atoms with E-state index in [0.29, 0.717) is 0 Å². The van der Waals surface area contributed by atoms with Gasteiger partial charge < -0.3 is 4.90 Å². The minimum Gasteiger partial charge on any atom is -0.326 e. The van der Waals surface area contributed by atoms with E-state index in [0.717, 1.165) is 24.3 Å². The first kappa shape index (κ1) is 18.9. The molecule has 1 heterocycles. The second-order valence-corrected chi connectivity index (χ2v) is 6.90. The fraction of sp³-hybridized carbons (Fsp3) is 0.240. The van der Waals surface area contributed by atoms with Gasteiger partial charge in [-0.2, -0.15) is 0 Å². The molecule has 1 aromatic rings. The first-order valence-corrected chi connectivity index (χ1v) is 9.61. The Morgan fingerprint density at radius 3 is 2.74 bits per heavy atom. The summed E-state index contributed by atoms with van der Waals surface area (Å²) in [6.45, 7) is 12.2. The molecule has 0 bridgehead atoms. The summed E-state index contributed by atoms with van der Waals surface area (Å²) in [5.74, 6) is 0.926. The maximum absolute atomic E-state index is 5.12. The van der Waals surface area contributed by atoms with Gasteiger partial charge in [-0.15, -0.1) is 0 Å². The summed E-state index contributed by atoms with van der Waals surface area (Å²) < 4.78 is 0. The van der Waals surface area contributed by atoms with Crippen molar-refractivity contribution in [2.75, 3.05) is 0 Å². The van der Waals surface area contributed by atoms with Crippen LogP contribution in [-0.4, -0.2) is 16.8 Å². The molecule has 0 N–H and O–H groups in total. The van der Waals surface area contributed by atoms with Crippen molar-refractivity contribution in [3.8, 4) is 0 Å². The number of fused-ring (bicyclic) bond motifs is 1. The Balaban J connectivity index is 2.03. The SMILES string of the molecule is C=C/C=C(C=C)/C(=N/C(C)C1=CCCC=C1)N1C=Cc2ccccc2C1C. The van der Waals surface area contributed by atoms with Crippen molar-refractivity contribution < 1.29 is 0 Å². The van der Waals surface area contributed by atoms with Gasteiger partial charge in [-0.1, -0.05) is 73.9 Å². The highest BCUT2D eigenvalue weighted by atomic mass is 15.2. The van der Waals surface area contributed by atoms with E-state index in [-0.39, 0.29) is 12.1 Å². The second kappa shape index (κ2) is 8.68. The van der Waals surface area contributed by atoms with Crippen molar-refractivity contribution in [3.63, 3.8) is 0 Å². The van der Waals surface area contributed by atoms with E-state index in [1.54, 1.807) is 6.08 Å². The molecule has 1 aliphatic heterocycles. The van der Waals surface area contributed by atoms with E-state index in [1.165, 1.54) is 16.7 Å². The van der Waals surface area contributed by atoms with Crippen LogP contribution >= 0.6 is 0 Å². The maximum Gasteiger partial charge on any atom is 0.136 e. The quantitative estimate of drug-likeness (QED) is 0.339. The van der Waals surface area contributed by atoms with Crippen molar-refractivity contribution in [1.29, 1.82) is 0 Å². The van der Waals surface area contributed by atoms with Crippen LogP contribution in [0, 0.1) is 0 Å². The van der Waals surface area contributed by atoms with Gasteiger partial charge >= 0.3 is 0 Å². The summed E-state index contributed by atoms with van der Waals surface area (Å²) in [5.41, 5.74) is 4.82. The van der Waals surface area contributed by atoms with Gasteiger partial charge in [0.25, 0.3) is 0 Å². The minimum atomic E-state index is 0.0856. The van der Waals surface area contributed by atoms with E-state index in [1.807, 2.05) is 12.2 Å². The number of allylic oxidation sites excluding steroid dienone is 4. The predicted molar refractivity (Wildman–Crippen MR) is 118 cm³/mol. The summed E-state index contributed by atoms with van der Waals surface area (Å²) in [6.07, 6.45) is 18.8. The molecular weight excluding hydrogens is 328 g/mol. The zero-order chi connectivity index (χ0) is 19.2. The number of rotatable bonds is 5. The molecule has 2 aliphatic rings. The summed E-state index contributed by atoms with van der Waals surface area (Å²) in [5, 5.41) is 0. The number of nitrogens with zero attached hydrogens (tertiary/aromatic N) is 2. The molecule has 0 amide bonds. The summed E-state index contributed by atoms with van der Waals surface area (Å²) in [7, 11) is 0. The lowest BCUT2D eigenvalue weighted by molar-refractivity contribution is 0.437. The largest absolute Gasteiger partial charge is 0.326 e. The van der Waals surface area contributed by atoms with Gasteiger partial charge in [-0.3, -0.25) is 4.99 Å². The van der Waals surface area contributed by atoms with E-state index in [4.69, 9.17) is 4.99 Å². The van der Waals surface area contributed by atoms with Crippen molar-refractivity contribution in [2.24, 2.45) is 4.99 Å². The van der Waals surface area contributed by atoms with Crippen LogP contribution in [0.2, 0.25) is 0 Å². The maximum atomic E-state index is 5.12. The monoisotopic (exact) mass is 356 g/mol. The van der Waals surface area contributed by atoms with Gasteiger partial charge in [0, 0.05) is 11.8 Å². The Hall–Kier alpha value is -2.87. The Bertz CT molecular complexity index is 864. The molecule has 2 unspecified atom stereocenters. The minimum absolute atomic E-state index is 0.0856. The highest BCUT2D eigenvalue weighted by Gasteiger charge is 2.24. The molecule has 0 fully saturated rings. The lowest BCUT2D eigenvalue weighted by atomic mass is 9.96. The lowest BCUT2D eigenvalue weighted by Gasteiger charge is -2.34. The van der Waals surface area contributed by atoms with Gasteiger partial charge in [0.15, 0.2) is 0 Å². The molecule has 2 atom stereocenters. The van der Waals surface area contributed by atoms with Crippen LogP contribution in [0.15, 0.2) is 96.2 Å². The topological polar surface area (TPSA) is 15.6 Å². The van der Waals surface area contributed by atoms with Crippen LogP contribution < -0.4 is 0 Å². The van der Waals surface area contributed by atoms with E-state index in [2.05, 4.69) is 86.7 Å². The molecule has 0 radical (unpaired) electrons. The number of amidine groups is 1. The normalized spacial score (nSPS) is 20.7. The average Bonchev–Trinajstić information content (AvgIpc) is 2.72. The summed E-state index contributed by atoms with van der Waals surface area (Å²) in [4.78, 5) is 7.36. The highest BCUT2D eigenvalue weighted by molar-refractivity contribution is 6.02. The molecule has 1 aromatic carbocycles. The van der Waals surface area contributed by atoms with Crippen LogP contribution in [0.25, 0.3) is 6.08 Å². The molecule has 3 rings (SSSR count). The van der Waals surface area contributed by atoms with Gasteiger partial charge in [0.1, 0.15) is 5.84 Å². The zero-order valence-corrected chi connectivity index (χ0v) is 16.3. The summed E-state index contributed by atoms with van der Waals surface area (Å²) >= 11 is 0. The number of hydrogen-bond donors (Lipinski definition) is 0. The van der Waals surface area contributed by atoms with Gasteiger partial charge in [-0.25, -0.2) is 0 Å². The number of hydrogen-bond acceptors (Lipinski definition) is 1. The molecule has 0 spiro atoms. The third kappa shape index (κ3) is 4.11.